The third-order valence-electron chi connectivity index (χ3n) is 1.54. The molecule has 0 aliphatic carbocycles. The highest BCUT2D eigenvalue weighted by Gasteiger charge is 2.31. The molecule has 2 N–H and O–H groups in total. The lowest BCUT2D eigenvalue weighted by molar-refractivity contribution is -0.274. The summed E-state index contributed by atoms with van der Waals surface area (Å²) in [5.41, 5.74) is 5.83. The highest BCUT2D eigenvalue weighted by Crippen LogP contribution is 2.28. The molecule has 0 radical (unpaired) electrons. The molecule has 0 amide bonds. The number of halogens is 4. The Hall–Kier alpha value is -1.35. The van der Waals surface area contributed by atoms with E-state index >= 15 is 0 Å². The first-order valence-electron chi connectivity index (χ1n) is 4.12. The van der Waals surface area contributed by atoms with Crippen molar-refractivity contribution in [3.63, 3.8) is 0 Å². The number of benzene rings is 1. The van der Waals surface area contributed by atoms with Crippen LogP contribution >= 0.6 is 15.9 Å². The van der Waals surface area contributed by atoms with Crippen LogP contribution in [0.1, 0.15) is 5.56 Å². The summed E-state index contributed by atoms with van der Waals surface area (Å²) in [7, 11) is 0. The Morgan fingerprint density at radius 2 is 2.06 bits per heavy atom. The summed E-state index contributed by atoms with van der Waals surface area (Å²) in [4.78, 5) is 0. The molecule has 0 fully saturated rings. The van der Waals surface area contributed by atoms with E-state index in [1.165, 1.54) is 12.1 Å². The predicted octanol–water partition coefficient (Wildman–Crippen LogP) is 2.91. The molecule has 0 bridgehead atoms. The van der Waals surface area contributed by atoms with Crippen LogP contribution in [0, 0.1) is 11.8 Å². The van der Waals surface area contributed by atoms with Crippen molar-refractivity contribution in [2.45, 2.75) is 6.36 Å². The average molecular weight is 294 g/mol. The standard InChI is InChI=1S/C10H7BrF3NO/c11-5-1-2-7-3-4-9(8(15)6-7)16-10(12,13)14/h3-4,6H,5,15H2. The second-order valence-corrected chi connectivity index (χ2v) is 3.30. The zero-order chi connectivity index (χ0) is 12.2. The van der Waals surface area contributed by atoms with Crippen molar-refractivity contribution < 1.29 is 17.9 Å². The van der Waals surface area contributed by atoms with Crippen LogP contribution in [-0.2, 0) is 0 Å². The van der Waals surface area contributed by atoms with E-state index in [1.807, 2.05) is 0 Å². The zero-order valence-electron chi connectivity index (χ0n) is 7.94. The summed E-state index contributed by atoms with van der Waals surface area (Å²) >= 11 is 3.10. The van der Waals surface area contributed by atoms with Gasteiger partial charge in [0.05, 0.1) is 11.0 Å². The fraction of sp³-hybridized carbons (Fsp3) is 0.200. The predicted molar refractivity (Wildman–Crippen MR) is 58.2 cm³/mol. The molecule has 16 heavy (non-hydrogen) atoms. The van der Waals surface area contributed by atoms with Crippen molar-refractivity contribution >= 4 is 21.6 Å². The molecule has 0 aliphatic rings. The van der Waals surface area contributed by atoms with E-state index in [2.05, 4.69) is 32.5 Å². The van der Waals surface area contributed by atoms with Crippen LogP contribution < -0.4 is 10.5 Å². The summed E-state index contributed by atoms with van der Waals surface area (Å²) < 4.78 is 39.4. The maximum absolute atomic E-state index is 11.9. The number of nitrogen functional groups attached to an aromatic ring is 1. The molecule has 0 unspecified atom stereocenters. The second-order valence-electron chi connectivity index (χ2n) is 2.74. The molecule has 86 valence electrons. The normalized spacial score (nSPS) is 10.5. The van der Waals surface area contributed by atoms with Crippen LogP contribution in [0.15, 0.2) is 18.2 Å². The molecule has 2 nitrogen and oxygen atoms in total. The molecule has 6 heteroatoms. The summed E-state index contributed by atoms with van der Waals surface area (Å²) in [5.74, 6) is 5.00. The molecular formula is C10H7BrF3NO. The van der Waals surface area contributed by atoms with E-state index in [4.69, 9.17) is 5.73 Å². The van der Waals surface area contributed by atoms with E-state index < -0.39 is 12.1 Å². The van der Waals surface area contributed by atoms with E-state index in [1.54, 1.807) is 0 Å². The minimum absolute atomic E-state index is 0.0984. The quantitative estimate of drug-likeness (QED) is 0.491. The Morgan fingerprint density at radius 3 is 2.56 bits per heavy atom. The zero-order valence-corrected chi connectivity index (χ0v) is 9.52. The van der Waals surface area contributed by atoms with Gasteiger partial charge in [0.2, 0.25) is 0 Å². The summed E-state index contributed by atoms with van der Waals surface area (Å²) in [6.07, 6.45) is -4.74. The number of alkyl halides is 4. The van der Waals surface area contributed by atoms with Crippen LogP contribution in [0.2, 0.25) is 0 Å². The van der Waals surface area contributed by atoms with Gasteiger partial charge in [-0.25, -0.2) is 0 Å². The fourth-order valence-electron chi connectivity index (χ4n) is 0.979. The Bertz CT molecular complexity index is 434. The highest BCUT2D eigenvalue weighted by atomic mass is 79.9. The molecule has 1 aromatic carbocycles. The van der Waals surface area contributed by atoms with Gasteiger partial charge in [0.15, 0.2) is 5.75 Å². The SMILES string of the molecule is Nc1cc(C#CCBr)ccc1OC(F)(F)F. The van der Waals surface area contributed by atoms with Gasteiger partial charge >= 0.3 is 6.36 Å². The third-order valence-corrected chi connectivity index (χ3v) is 1.82. The van der Waals surface area contributed by atoms with Gasteiger partial charge in [0.25, 0.3) is 0 Å². The van der Waals surface area contributed by atoms with Crippen LogP contribution in [-0.4, -0.2) is 11.7 Å². The minimum Gasteiger partial charge on any atom is -0.404 e. The molecule has 1 rings (SSSR count). The van der Waals surface area contributed by atoms with Crippen molar-refractivity contribution in [2.75, 3.05) is 11.1 Å². The smallest absolute Gasteiger partial charge is 0.404 e. The second kappa shape index (κ2) is 5.12. The van der Waals surface area contributed by atoms with Crippen molar-refractivity contribution in [2.24, 2.45) is 0 Å². The van der Waals surface area contributed by atoms with Crippen molar-refractivity contribution in [1.82, 2.24) is 0 Å². The maximum Gasteiger partial charge on any atom is 0.573 e. The lowest BCUT2D eigenvalue weighted by Crippen LogP contribution is -2.18. The van der Waals surface area contributed by atoms with Gasteiger partial charge in [0.1, 0.15) is 0 Å². The Morgan fingerprint density at radius 1 is 1.38 bits per heavy atom. The first-order chi connectivity index (χ1) is 7.42. The number of hydrogen-bond acceptors (Lipinski definition) is 2. The Balaban J connectivity index is 2.92. The number of hydrogen-bond donors (Lipinski definition) is 1. The largest absolute Gasteiger partial charge is 0.573 e. The molecule has 1 aromatic rings. The molecule has 0 aromatic heterocycles. The maximum atomic E-state index is 11.9. The van der Waals surface area contributed by atoms with Gasteiger partial charge < -0.3 is 10.5 Å². The monoisotopic (exact) mass is 293 g/mol. The number of rotatable bonds is 1. The number of ether oxygens (including phenoxy) is 1. The van der Waals surface area contributed by atoms with Crippen LogP contribution in [0.4, 0.5) is 18.9 Å². The van der Waals surface area contributed by atoms with Gasteiger partial charge in [-0.15, -0.1) is 13.2 Å². The van der Waals surface area contributed by atoms with Crippen LogP contribution in [0.5, 0.6) is 5.75 Å². The fourth-order valence-corrected chi connectivity index (χ4v) is 1.12. The van der Waals surface area contributed by atoms with E-state index in [-0.39, 0.29) is 5.69 Å². The van der Waals surface area contributed by atoms with Crippen molar-refractivity contribution in [3.05, 3.63) is 23.8 Å². The lowest BCUT2D eigenvalue weighted by Gasteiger charge is -2.10. The molecule has 0 aliphatic heterocycles. The van der Waals surface area contributed by atoms with E-state index in [9.17, 15) is 13.2 Å². The molecule has 0 heterocycles. The lowest BCUT2D eigenvalue weighted by atomic mass is 10.2. The third kappa shape index (κ3) is 4.03. The van der Waals surface area contributed by atoms with Gasteiger partial charge in [-0.1, -0.05) is 27.8 Å². The van der Waals surface area contributed by atoms with Crippen LogP contribution in [0.25, 0.3) is 0 Å². The van der Waals surface area contributed by atoms with Gasteiger partial charge in [-0.05, 0) is 18.2 Å². The summed E-state index contributed by atoms with van der Waals surface area (Å²) in [5, 5.41) is 0.480. The Labute approximate surface area is 98.7 Å². The Kier molecular flexibility index (Phi) is 4.07. The van der Waals surface area contributed by atoms with Crippen LogP contribution in [0.3, 0.4) is 0 Å². The molecule has 0 saturated carbocycles. The van der Waals surface area contributed by atoms with Gasteiger partial charge in [0, 0.05) is 5.56 Å². The number of anilines is 1. The highest BCUT2D eigenvalue weighted by molar-refractivity contribution is 9.09. The molecule has 0 atom stereocenters. The average Bonchev–Trinajstić information content (AvgIpc) is 2.17. The van der Waals surface area contributed by atoms with Gasteiger partial charge in [-0.2, -0.15) is 0 Å². The molecule has 0 saturated heterocycles. The first-order valence-corrected chi connectivity index (χ1v) is 5.24. The van der Waals surface area contributed by atoms with Crippen molar-refractivity contribution in [1.29, 1.82) is 0 Å². The van der Waals surface area contributed by atoms with Crippen molar-refractivity contribution in [3.8, 4) is 17.6 Å². The topological polar surface area (TPSA) is 35.2 Å². The first kappa shape index (κ1) is 12.7. The summed E-state index contributed by atoms with van der Waals surface area (Å²) in [6, 6.07) is 3.88. The van der Waals surface area contributed by atoms with E-state index in [0.29, 0.717) is 10.9 Å². The summed E-state index contributed by atoms with van der Waals surface area (Å²) in [6.45, 7) is 0. The van der Waals surface area contributed by atoms with Gasteiger partial charge in [-0.3, -0.25) is 0 Å². The minimum atomic E-state index is -4.74. The number of nitrogens with two attached hydrogens (primary N) is 1. The molecular weight excluding hydrogens is 287 g/mol. The molecule has 0 spiro atoms. The van der Waals surface area contributed by atoms with E-state index in [0.717, 1.165) is 6.07 Å².